The molecule has 5 heteroatoms. The SMILES string of the molecule is CC(C)CC(=O)Nc1cccc(C(=O)N2CCOCC2(C)C)c1. The van der Waals surface area contributed by atoms with Crippen LogP contribution in [-0.4, -0.2) is 42.0 Å². The lowest BCUT2D eigenvalue weighted by atomic mass is 10.0. The highest BCUT2D eigenvalue weighted by Gasteiger charge is 2.34. The highest BCUT2D eigenvalue weighted by Crippen LogP contribution is 2.23. The van der Waals surface area contributed by atoms with Crippen molar-refractivity contribution in [2.75, 3.05) is 25.1 Å². The van der Waals surface area contributed by atoms with Crippen molar-refractivity contribution < 1.29 is 14.3 Å². The van der Waals surface area contributed by atoms with Crippen LogP contribution in [0.5, 0.6) is 0 Å². The van der Waals surface area contributed by atoms with Gasteiger partial charge in [-0.1, -0.05) is 19.9 Å². The van der Waals surface area contributed by atoms with E-state index in [2.05, 4.69) is 5.32 Å². The molecule has 0 bridgehead atoms. The Morgan fingerprint density at radius 2 is 2.09 bits per heavy atom. The number of hydrogen-bond acceptors (Lipinski definition) is 3. The van der Waals surface area contributed by atoms with E-state index in [0.717, 1.165) is 0 Å². The summed E-state index contributed by atoms with van der Waals surface area (Å²) in [7, 11) is 0. The van der Waals surface area contributed by atoms with E-state index in [-0.39, 0.29) is 17.4 Å². The molecule has 1 N–H and O–H groups in total. The zero-order valence-electron chi connectivity index (χ0n) is 14.4. The summed E-state index contributed by atoms with van der Waals surface area (Å²) in [5.41, 5.74) is 0.918. The summed E-state index contributed by atoms with van der Waals surface area (Å²) in [5.74, 6) is 0.239. The van der Waals surface area contributed by atoms with Crippen molar-refractivity contribution >= 4 is 17.5 Å². The van der Waals surface area contributed by atoms with Crippen LogP contribution in [0.2, 0.25) is 0 Å². The topological polar surface area (TPSA) is 58.6 Å². The number of nitrogens with one attached hydrogen (secondary N) is 1. The van der Waals surface area contributed by atoms with Gasteiger partial charge in [-0.3, -0.25) is 9.59 Å². The molecule has 0 aromatic heterocycles. The molecule has 1 aliphatic rings. The molecule has 2 rings (SSSR count). The summed E-state index contributed by atoms with van der Waals surface area (Å²) < 4.78 is 5.46. The highest BCUT2D eigenvalue weighted by atomic mass is 16.5. The van der Waals surface area contributed by atoms with Crippen LogP contribution in [0, 0.1) is 5.92 Å². The standard InChI is InChI=1S/C18H26N2O3/c1-13(2)10-16(21)19-15-7-5-6-14(11-15)17(22)20-8-9-23-12-18(20,3)4/h5-7,11,13H,8-10,12H2,1-4H3,(H,19,21). The number of anilines is 1. The molecule has 1 aromatic carbocycles. The summed E-state index contributed by atoms with van der Waals surface area (Å²) in [6.45, 7) is 9.66. The second kappa shape index (κ2) is 7.13. The molecule has 0 radical (unpaired) electrons. The van der Waals surface area contributed by atoms with Gasteiger partial charge in [0, 0.05) is 24.2 Å². The largest absolute Gasteiger partial charge is 0.377 e. The van der Waals surface area contributed by atoms with Crippen LogP contribution in [0.25, 0.3) is 0 Å². The van der Waals surface area contributed by atoms with Crippen LogP contribution in [0.3, 0.4) is 0 Å². The smallest absolute Gasteiger partial charge is 0.254 e. The Balaban J connectivity index is 2.12. The maximum Gasteiger partial charge on any atom is 0.254 e. The fourth-order valence-electron chi connectivity index (χ4n) is 2.70. The average Bonchev–Trinajstić information content (AvgIpc) is 2.45. The number of benzene rings is 1. The molecule has 0 atom stereocenters. The minimum absolute atomic E-state index is 0.0294. The minimum Gasteiger partial charge on any atom is -0.377 e. The molecule has 0 aliphatic carbocycles. The normalized spacial score (nSPS) is 17.2. The lowest BCUT2D eigenvalue weighted by Gasteiger charge is -2.42. The van der Waals surface area contributed by atoms with E-state index in [1.807, 2.05) is 32.6 Å². The summed E-state index contributed by atoms with van der Waals surface area (Å²) in [5, 5.41) is 2.86. The van der Waals surface area contributed by atoms with Gasteiger partial charge in [0.05, 0.1) is 18.8 Å². The number of rotatable bonds is 4. The molecule has 0 spiro atoms. The molecule has 23 heavy (non-hydrogen) atoms. The molecule has 1 fully saturated rings. The van der Waals surface area contributed by atoms with Crippen LogP contribution in [-0.2, 0) is 9.53 Å². The minimum atomic E-state index is -0.327. The molecule has 1 saturated heterocycles. The lowest BCUT2D eigenvalue weighted by Crippen LogP contribution is -2.55. The van der Waals surface area contributed by atoms with Gasteiger partial charge in [-0.25, -0.2) is 0 Å². The van der Waals surface area contributed by atoms with Crippen molar-refractivity contribution in [3.05, 3.63) is 29.8 Å². The van der Waals surface area contributed by atoms with Crippen molar-refractivity contribution in [2.45, 2.75) is 39.7 Å². The van der Waals surface area contributed by atoms with Gasteiger partial charge in [0.15, 0.2) is 0 Å². The van der Waals surface area contributed by atoms with Gasteiger partial charge in [-0.2, -0.15) is 0 Å². The molecule has 1 aliphatic heterocycles. The number of carbonyl (C=O) groups excluding carboxylic acids is 2. The van der Waals surface area contributed by atoms with Crippen molar-refractivity contribution in [3.63, 3.8) is 0 Å². The second-order valence-electron chi connectivity index (χ2n) is 7.05. The van der Waals surface area contributed by atoms with Gasteiger partial charge in [0.25, 0.3) is 5.91 Å². The van der Waals surface area contributed by atoms with Crippen LogP contribution in [0.1, 0.15) is 44.5 Å². The monoisotopic (exact) mass is 318 g/mol. The first-order chi connectivity index (χ1) is 10.8. The Morgan fingerprint density at radius 1 is 1.35 bits per heavy atom. The third-order valence-electron chi connectivity index (χ3n) is 3.88. The zero-order chi connectivity index (χ0) is 17.0. The number of carbonyl (C=O) groups is 2. The van der Waals surface area contributed by atoms with Gasteiger partial charge in [-0.05, 0) is 38.0 Å². The van der Waals surface area contributed by atoms with Gasteiger partial charge in [0.1, 0.15) is 0 Å². The van der Waals surface area contributed by atoms with E-state index in [1.165, 1.54) is 0 Å². The van der Waals surface area contributed by atoms with Crippen LogP contribution in [0.15, 0.2) is 24.3 Å². The second-order valence-corrected chi connectivity index (χ2v) is 7.05. The van der Waals surface area contributed by atoms with Gasteiger partial charge in [0.2, 0.25) is 5.91 Å². The molecule has 126 valence electrons. The Bertz CT molecular complexity index is 581. The van der Waals surface area contributed by atoms with Crippen LogP contribution >= 0.6 is 0 Å². The predicted molar refractivity (Wildman–Crippen MR) is 90.5 cm³/mol. The van der Waals surface area contributed by atoms with Crippen LogP contribution < -0.4 is 5.32 Å². The van der Waals surface area contributed by atoms with E-state index in [9.17, 15) is 9.59 Å². The fourth-order valence-corrected chi connectivity index (χ4v) is 2.70. The molecule has 1 aromatic rings. The maximum absolute atomic E-state index is 12.8. The number of nitrogens with zero attached hydrogens (tertiary/aromatic N) is 1. The van der Waals surface area contributed by atoms with E-state index in [0.29, 0.717) is 43.3 Å². The molecule has 5 nitrogen and oxygen atoms in total. The third-order valence-corrected chi connectivity index (χ3v) is 3.88. The Morgan fingerprint density at radius 3 is 2.74 bits per heavy atom. The third kappa shape index (κ3) is 4.55. The highest BCUT2D eigenvalue weighted by molar-refractivity contribution is 5.97. The van der Waals surface area contributed by atoms with E-state index < -0.39 is 0 Å². The van der Waals surface area contributed by atoms with Crippen LogP contribution in [0.4, 0.5) is 5.69 Å². The van der Waals surface area contributed by atoms with E-state index in [4.69, 9.17) is 4.74 Å². The molecule has 2 amide bonds. The van der Waals surface area contributed by atoms with E-state index >= 15 is 0 Å². The van der Waals surface area contributed by atoms with Gasteiger partial charge in [-0.15, -0.1) is 0 Å². The quantitative estimate of drug-likeness (QED) is 0.928. The number of ether oxygens (including phenoxy) is 1. The fraction of sp³-hybridized carbons (Fsp3) is 0.556. The summed E-state index contributed by atoms with van der Waals surface area (Å²) in [6, 6.07) is 7.13. The summed E-state index contributed by atoms with van der Waals surface area (Å²) in [6.07, 6.45) is 0.467. The first kappa shape index (κ1) is 17.5. The van der Waals surface area contributed by atoms with E-state index in [1.54, 1.807) is 24.3 Å². The average molecular weight is 318 g/mol. The maximum atomic E-state index is 12.8. The molecule has 1 heterocycles. The molecular formula is C18H26N2O3. The first-order valence-corrected chi connectivity index (χ1v) is 8.09. The van der Waals surface area contributed by atoms with Crippen molar-refractivity contribution in [3.8, 4) is 0 Å². The lowest BCUT2D eigenvalue weighted by molar-refractivity contribution is -0.116. The molecular weight excluding hydrogens is 292 g/mol. The Hall–Kier alpha value is -1.88. The van der Waals surface area contributed by atoms with Gasteiger partial charge < -0.3 is 15.0 Å². The molecule has 0 unspecified atom stereocenters. The number of hydrogen-bond donors (Lipinski definition) is 1. The van der Waals surface area contributed by atoms with Crippen molar-refractivity contribution in [1.82, 2.24) is 4.90 Å². The first-order valence-electron chi connectivity index (χ1n) is 8.09. The molecule has 0 saturated carbocycles. The number of amides is 2. The summed E-state index contributed by atoms with van der Waals surface area (Å²) >= 11 is 0. The van der Waals surface area contributed by atoms with Crippen molar-refractivity contribution in [1.29, 1.82) is 0 Å². The number of morpholine rings is 1. The van der Waals surface area contributed by atoms with Crippen molar-refractivity contribution in [2.24, 2.45) is 5.92 Å². The zero-order valence-corrected chi connectivity index (χ0v) is 14.4. The Labute approximate surface area is 138 Å². The van der Waals surface area contributed by atoms with Gasteiger partial charge >= 0.3 is 0 Å². The Kier molecular flexibility index (Phi) is 5.42. The summed E-state index contributed by atoms with van der Waals surface area (Å²) in [4.78, 5) is 26.5. The predicted octanol–water partition coefficient (Wildman–Crippen LogP) is 2.92.